The van der Waals surface area contributed by atoms with Gasteiger partial charge in [0.05, 0.1) is 6.07 Å². The lowest BCUT2D eigenvalue weighted by molar-refractivity contribution is 0.382. The van der Waals surface area contributed by atoms with Gasteiger partial charge in [-0.1, -0.05) is 24.3 Å². The van der Waals surface area contributed by atoms with Crippen molar-refractivity contribution < 1.29 is 0 Å². The highest BCUT2D eigenvalue weighted by Crippen LogP contribution is 2.35. The van der Waals surface area contributed by atoms with Crippen LogP contribution >= 0.6 is 0 Å². The third-order valence-electron chi connectivity index (χ3n) is 3.13. The second-order valence-corrected chi connectivity index (χ2v) is 4.01. The van der Waals surface area contributed by atoms with Gasteiger partial charge >= 0.3 is 0 Å². The molecule has 1 aromatic rings. The lowest BCUT2D eigenvalue weighted by atomic mass is 9.79. The molecule has 0 spiro atoms. The van der Waals surface area contributed by atoms with Gasteiger partial charge in [-0.2, -0.15) is 5.26 Å². The molecular formula is C13H14N. The highest BCUT2D eigenvalue weighted by atomic mass is 14.3. The van der Waals surface area contributed by atoms with Gasteiger partial charge in [0.1, 0.15) is 0 Å². The summed E-state index contributed by atoms with van der Waals surface area (Å²) in [4.78, 5) is 0. The Labute approximate surface area is 85.4 Å². The second kappa shape index (κ2) is 4.28. The molecule has 1 aliphatic rings. The average Bonchev–Trinajstić information content (AvgIpc) is 2.30. The van der Waals surface area contributed by atoms with E-state index in [1.54, 1.807) is 0 Å². The molecule has 0 aromatic heterocycles. The molecule has 2 rings (SSSR count). The molecule has 1 fully saturated rings. The summed E-state index contributed by atoms with van der Waals surface area (Å²) < 4.78 is 0. The Kier molecular flexibility index (Phi) is 2.84. The van der Waals surface area contributed by atoms with Crippen LogP contribution in [0.4, 0.5) is 0 Å². The lowest BCUT2D eigenvalue weighted by Gasteiger charge is -2.24. The highest BCUT2D eigenvalue weighted by Gasteiger charge is 2.21. The SMILES string of the molecule is N#C[C@H]1CC[C@H](c2cc[c]cc2)CC1. The van der Waals surface area contributed by atoms with Gasteiger partial charge in [0.15, 0.2) is 0 Å². The molecule has 1 heteroatoms. The monoisotopic (exact) mass is 184 g/mol. The number of hydrogen-bond donors (Lipinski definition) is 0. The van der Waals surface area contributed by atoms with E-state index in [1.165, 1.54) is 18.4 Å². The van der Waals surface area contributed by atoms with E-state index in [4.69, 9.17) is 5.26 Å². The van der Waals surface area contributed by atoms with Gasteiger partial charge in [-0.25, -0.2) is 0 Å². The van der Waals surface area contributed by atoms with E-state index in [-0.39, 0.29) is 0 Å². The third-order valence-corrected chi connectivity index (χ3v) is 3.13. The molecule has 0 N–H and O–H groups in total. The molecular weight excluding hydrogens is 170 g/mol. The zero-order valence-electron chi connectivity index (χ0n) is 8.24. The van der Waals surface area contributed by atoms with Crippen molar-refractivity contribution in [3.05, 3.63) is 35.9 Å². The van der Waals surface area contributed by atoms with E-state index in [2.05, 4.69) is 24.3 Å². The summed E-state index contributed by atoms with van der Waals surface area (Å²) in [5, 5.41) is 8.79. The normalized spacial score (nSPS) is 26.8. The van der Waals surface area contributed by atoms with Gasteiger partial charge in [-0.3, -0.25) is 0 Å². The molecule has 1 aromatic carbocycles. The molecule has 0 heterocycles. The van der Waals surface area contributed by atoms with E-state index in [0.29, 0.717) is 11.8 Å². The maximum absolute atomic E-state index is 8.79. The molecule has 1 aliphatic carbocycles. The van der Waals surface area contributed by atoms with Crippen LogP contribution in [0, 0.1) is 23.3 Å². The summed E-state index contributed by atoms with van der Waals surface area (Å²) >= 11 is 0. The zero-order chi connectivity index (χ0) is 9.80. The molecule has 1 radical (unpaired) electrons. The standard InChI is InChI=1S/C13H14N/c14-10-11-6-8-13(9-7-11)12-4-2-1-3-5-12/h2-5,11,13H,6-9H2/t11-,13-. The van der Waals surface area contributed by atoms with E-state index in [9.17, 15) is 0 Å². The fourth-order valence-electron chi connectivity index (χ4n) is 2.23. The van der Waals surface area contributed by atoms with Crippen molar-refractivity contribution in [2.75, 3.05) is 0 Å². The Hall–Kier alpha value is -1.29. The number of hydrogen-bond acceptors (Lipinski definition) is 1. The van der Waals surface area contributed by atoms with Crippen LogP contribution in [0.5, 0.6) is 0 Å². The molecule has 71 valence electrons. The molecule has 14 heavy (non-hydrogen) atoms. The molecule has 0 unspecified atom stereocenters. The Bertz CT molecular complexity index is 315. The van der Waals surface area contributed by atoms with Crippen LogP contribution in [0.15, 0.2) is 24.3 Å². The van der Waals surface area contributed by atoms with Crippen LogP contribution in [0.3, 0.4) is 0 Å². The van der Waals surface area contributed by atoms with E-state index < -0.39 is 0 Å². The molecule has 1 nitrogen and oxygen atoms in total. The summed E-state index contributed by atoms with van der Waals surface area (Å²) in [6, 6.07) is 13.7. The smallest absolute Gasteiger partial charge is 0.0655 e. The van der Waals surface area contributed by atoms with Crippen molar-refractivity contribution in [1.29, 1.82) is 5.26 Å². The molecule has 0 atom stereocenters. The topological polar surface area (TPSA) is 23.8 Å². The summed E-state index contributed by atoms with van der Waals surface area (Å²) in [5.41, 5.74) is 1.42. The number of nitrogens with zero attached hydrogens (tertiary/aromatic N) is 1. The van der Waals surface area contributed by atoms with E-state index in [1.807, 2.05) is 12.1 Å². The summed E-state index contributed by atoms with van der Waals surface area (Å²) in [6.45, 7) is 0. The summed E-state index contributed by atoms with van der Waals surface area (Å²) in [5.74, 6) is 0.982. The highest BCUT2D eigenvalue weighted by molar-refractivity contribution is 5.19. The Morgan fingerprint density at radius 3 is 2.36 bits per heavy atom. The lowest BCUT2D eigenvalue weighted by Crippen LogP contribution is -2.11. The first-order chi connectivity index (χ1) is 6.90. The minimum absolute atomic E-state index is 0.307. The van der Waals surface area contributed by atoms with Crippen molar-refractivity contribution in [3.63, 3.8) is 0 Å². The predicted molar refractivity (Wildman–Crippen MR) is 55.6 cm³/mol. The van der Waals surface area contributed by atoms with Crippen LogP contribution in [0.25, 0.3) is 0 Å². The van der Waals surface area contributed by atoms with Gasteiger partial charge < -0.3 is 0 Å². The molecule has 0 aliphatic heterocycles. The average molecular weight is 184 g/mol. The quantitative estimate of drug-likeness (QED) is 0.657. The predicted octanol–water partition coefficient (Wildman–Crippen LogP) is 3.28. The van der Waals surface area contributed by atoms with Gasteiger partial charge in [-0.05, 0) is 43.2 Å². The first kappa shape index (κ1) is 9.27. The van der Waals surface area contributed by atoms with Crippen molar-refractivity contribution in [3.8, 4) is 6.07 Å². The Balaban J connectivity index is 2.00. The molecule has 0 saturated heterocycles. The van der Waals surface area contributed by atoms with Gasteiger partial charge in [0.25, 0.3) is 0 Å². The largest absolute Gasteiger partial charge is 0.198 e. The fraction of sp³-hybridized carbons (Fsp3) is 0.462. The first-order valence-corrected chi connectivity index (χ1v) is 5.26. The fourth-order valence-corrected chi connectivity index (χ4v) is 2.23. The number of benzene rings is 1. The van der Waals surface area contributed by atoms with Gasteiger partial charge in [0, 0.05) is 5.92 Å². The van der Waals surface area contributed by atoms with Crippen LogP contribution in [-0.2, 0) is 0 Å². The van der Waals surface area contributed by atoms with Crippen molar-refractivity contribution in [2.24, 2.45) is 5.92 Å². The van der Waals surface area contributed by atoms with Crippen molar-refractivity contribution >= 4 is 0 Å². The van der Waals surface area contributed by atoms with E-state index in [0.717, 1.165) is 12.8 Å². The molecule has 0 amide bonds. The minimum Gasteiger partial charge on any atom is -0.198 e. The van der Waals surface area contributed by atoms with Gasteiger partial charge in [-0.15, -0.1) is 0 Å². The van der Waals surface area contributed by atoms with Crippen molar-refractivity contribution in [2.45, 2.75) is 31.6 Å². The summed E-state index contributed by atoms with van der Waals surface area (Å²) in [7, 11) is 0. The molecule has 1 saturated carbocycles. The zero-order valence-corrected chi connectivity index (χ0v) is 8.24. The number of rotatable bonds is 1. The maximum atomic E-state index is 8.79. The van der Waals surface area contributed by atoms with Crippen LogP contribution in [0.2, 0.25) is 0 Å². The van der Waals surface area contributed by atoms with Gasteiger partial charge in [0.2, 0.25) is 0 Å². The first-order valence-electron chi connectivity index (χ1n) is 5.26. The second-order valence-electron chi connectivity index (χ2n) is 4.01. The molecule has 0 bridgehead atoms. The van der Waals surface area contributed by atoms with Crippen LogP contribution < -0.4 is 0 Å². The minimum atomic E-state index is 0.307. The Morgan fingerprint density at radius 1 is 1.14 bits per heavy atom. The maximum Gasteiger partial charge on any atom is 0.0655 e. The van der Waals surface area contributed by atoms with Crippen molar-refractivity contribution in [1.82, 2.24) is 0 Å². The van der Waals surface area contributed by atoms with Crippen LogP contribution in [-0.4, -0.2) is 0 Å². The number of nitriles is 1. The third kappa shape index (κ3) is 1.96. The van der Waals surface area contributed by atoms with Crippen LogP contribution in [0.1, 0.15) is 37.2 Å². The van der Waals surface area contributed by atoms with E-state index >= 15 is 0 Å². The summed E-state index contributed by atoms with van der Waals surface area (Å²) in [6.07, 6.45) is 4.48. The Morgan fingerprint density at radius 2 is 1.79 bits per heavy atom.